The van der Waals surface area contributed by atoms with Gasteiger partial charge in [-0.2, -0.15) is 0 Å². The number of benzene rings is 2. The lowest BCUT2D eigenvalue weighted by atomic mass is 10.1. The van der Waals surface area contributed by atoms with Crippen LogP contribution < -0.4 is 19.1 Å². The molecule has 0 fully saturated rings. The predicted molar refractivity (Wildman–Crippen MR) is 120 cm³/mol. The molecule has 31 heavy (non-hydrogen) atoms. The normalized spacial score (nSPS) is 10.7. The Bertz CT molecular complexity index is 1210. The van der Waals surface area contributed by atoms with E-state index in [4.69, 9.17) is 19.2 Å². The van der Waals surface area contributed by atoms with E-state index in [1.54, 1.807) is 43.5 Å². The first-order valence-electron chi connectivity index (χ1n) is 9.52. The molecule has 0 atom stereocenters. The average molecular weight is 436 g/mol. The lowest BCUT2D eigenvalue weighted by molar-refractivity contribution is 0.0981. The lowest BCUT2D eigenvalue weighted by Crippen LogP contribution is -2.31. The van der Waals surface area contributed by atoms with Crippen molar-refractivity contribution in [3.63, 3.8) is 0 Å². The highest BCUT2D eigenvalue weighted by Gasteiger charge is 2.26. The topological polar surface area (TPSA) is 73.8 Å². The summed E-state index contributed by atoms with van der Waals surface area (Å²) in [6.07, 6.45) is 1.70. The van der Waals surface area contributed by atoms with Gasteiger partial charge in [-0.05, 0) is 42.5 Å². The number of aromatic nitrogens is 2. The molecule has 0 unspecified atom stereocenters. The molecule has 0 saturated heterocycles. The average Bonchev–Trinajstić information content (AvgIpc) is 3.25. The third kappa shape index (κ3) is 4.15. The number of hydrogen-bond acceptors (Lipinski definition) is 7. The van der Waals surface area contributed by atoms with Crippen molar-refractivity contribution in [3.05, 3.63) is 72.1 Å². The van der Waals surface area contributed by atoms with E-state index in [9.17, 15) is 4.79 Å². The zero-order valence-electron chi connectivity index (χ0n) is 17.4. The van der Waals surface area contributed by atoms with Crippen molar-refractivity contribution < 1.29 is 19.0 Å². The Morgan fingerprint density at radius 1 is 1.00 bits per heavy atom. The first-order valence-corrected chi connectivity index (χ1v) is 10.3. The van der Waals surface area contributed by atoms with Crippen molar-refractivity contribution in [1.82, 2.24) is 9.97 Å². The number of fused-ring (bicyclic) bond motifs is 1. The third-order valence-corrected chi connectivity index (χ3v) is 5.78. The Hall–Kier alpha value is -3.65. The number of thiazole rings is 1. The molecule has 0 bridgehead atoms. The molecule has 0 N–H and O–H groups in total. The van der Waals surface area contributed by atoms with Gasteiger partial charge < -0.3 is 14.2 Å². The fourth-order valence-electron chi connectivity index (χ4n) is 3.22. The Labute approximate surface area is 183 Å². The minimum Gasteiger partial charge on any atom is -0.497 e. The van der Waals surface area contributed by atoms with Crippen LogP contribution in [0.5, 0.6) is 17.2 Å². The van der Waals surface area contributed by atoms with Gasteiger partial charge in [-0.25, -0.2) is 4.98 Å². The number of carbonyl (C=O) groups is 1. The molecule has 0 spiro atoms. The largest absolute Gasteiger partial charge is 0.497 e. The Balaban J connectivity index is 1.81. The minimum absolute atomic E-state index is 0.257. The minimum atomic E-state index is -0.257. The van der Waals surface area contributed by atoms with E-state index in [2.05, 4.69) is 4.98 Å². The van der Waals surface area contributed by atoms with Gasteiger partial charge in [0.25, 0.3) is 5.91 Å². The summed E-state index contributed by atoms with van der Waals surface area (Å²) in [6, 6.07) is 16.5. The number of pyridine rings is 1. The Kier molecular flexibility index (Phi) is 5.99. The van der Waals surface area contributed by atoms with Gasteiger partial charge in [0, 0.05) is 6.20 Å². The summed E-state index contributed by atoms with van der Waals surface area (Å²) in [4.78, 5) is 24.4. The molecule has 1 amide bonds. The molecule has 2 heterocycles. The second-order valence-electron chi connectivity index (χ2n) is 6.58. The van der Waals surface area contributed by atoms with Crippen LogP contribution in [0, 0.1) is 0 Å². The van der Waals surface area contributed by atoms with Crippen molar-refractivity contribution in [2.45, 2.75) is 6.54 Å². The number of carbonyl (C=O) groups excluding carboxylic acids is 1. The van der Waals surface area contributed by atoms with Crippen LogP contribution in [0.3, 0.4) is 0 Å². The molecular formula is C23H21N3O4S. The Morgan fingerprint density at radius 2 is 1.87 bits per heavy atom. The number of para-hydroxylation sites is 1. The summed E-state index contributed by atoms with van der Waals surface area (Å²) in [5.41, 5.74) is 1.92. The summed E-state index contributed by atoms with van der Waals surface area (Å²) < 4.78 is 17.1. The predicted octanol–water partition coefficient (Wildman–Crippen LogP) is 4.56. The van der Waals surface area contributed by atoms with Crippen LogP contribution in [0.2, 0.25) is 0 Å². The van der Waals surface area contributed by atoms with Gasteiger partial charge in [0.05, 0.1) is 49.3 Å². The van der Waals surface area contributed by atoms with Gasteiger partial charge in [-0.1, -0.05) is 23.5 Å². The molecule has 158 valence electrons. The maximum Gasteiger partial charge on any atom is 0.264 e. The molecular weight excluding hydrogens is 414 g/mol. The van der Waals surface area contributed by atoms with Gasteiger partial charge in [0.2, 0.25) is 0 Å². The first-order chi connectivity index (χ1) is 15.1. The smallest absolute Gasteiger partial charge is 0.264 e. The van der Waals surface area contributed by atoms with E-state index in [1.807, 2.05) is 36.4 Å². The molecule has 0 saturated carbocycles. The van der Waals surface area contributed by atoms with Crippen LogP contribution in [-0.4, -0.2) is 37.2 Å². The van der Waals surface area contributed by atoms with Crippen molar-refractivity contribution in [1.29, 1.82) is 0 Å². The van der Waals surface area contributed by atoms with Gasteiger partial charge in [-0.15, -0.1) is 0 Å². The summed E-state index contributed by atoms with van der Waals surface area (Å²) in [7, 11) is 4.68. The lowest BCUT2D eigenvalue weighted by Gasteiger charge is -2.21. The molecule has 0 aliphatic heterocycles. The second kappa shape index (κ2) is 9.01. The number of anilines is 1. The highest BCUT2D eigenvalue weighted by molar-refractivity contribution is 7.22. The van der Waals surface area contributed by atoms with Crippen LogP contribution in [0.4, 0.5) is 5.13 Å². The van der Waals surface area contributed by atoms with Crippen molar-refractivity contribution in [2.75, 3.05) is 26.2 Å². The molecule has 2 aromatic carbocycles. The summed E-state index contributed by atoms with van der Waals surface area (Å²) >= 11 is 1.41. The van der Waals surface area contributed by atoms with E-state index in [-0.39, 0.29) is 12.5 Å². The maximum atomic E-state index is 13.7. The highest BCUT2D eigenvalue weighted by Crippen LogP contribution is 2.36. The number of ether oxygens (including phenoxy) is 3. The van der Waals surface area contributed by atoms with Crippen LogP contribution >= 0.6 is 11.3 Å². The van der Waals surface area contributed by atoms with E-state index < -0.39 is 0 Å². The SMILES string of the molecule is COc1ccc2nc(N(Cc3ccccn3)C(=O)c3cccc(OC)c3OC)sc2c1. The molecule has 4 rings (SSSR count). The highest BCUT2D eigenvalue weighted by atomic mass is 32.1. The molecule has 0 aliphatic rings. The fourth-order valence-corrected chi connectivity index (χ4v) is 4.21. The molecule has 7 nitrogen and oxygen atoms in total. The van der Waals surface area contributed by atoms with E-state index >= 15 is 0 Å². The summed E-state index contributed by atoms with van der Waals surface area (Å²) in [5, 5.41) is 0.559. The number of nitrogens with zero attached hydrogens (tertiary/aromatic N) is 3. The molecule has 8 heteroatoms. The summed E-state index contributed by atoms with van der Waals surface area (Å²) in [6.45, 7) is 0.261. The zero-order chi connectivity index (χ0) is 21.8. The van der Waals surface area contributed by atoms with E-state index in [1.165, 1.54) is 18.4 Å². The number of methoxy groups -OCH3 is 3. The Morgan fingerprint density at radius 3 is 2.58 bits per heavy atom. The van der Waals surface area contributed by atoms with Crippen LogP contribution in [0.25, 0.3) is 10.2 Å². The molecule has 4 aromatic rings. The van der Waals surface area contributed by atoms with Gasteiger partial charge in [0.15, 0.2) is 16.6 Å². The molecule has 0 radical (unpaired) electrons. The zero-order valence-corrected chi connectivity index (χ0v) is 18.2. The summed E-state index contributed by atoms with van der Waals surface area (Å²) in [5.74, 6) is 1.34. The maximum absolute atomic E-state index is 13.7. The number of amides is 1. The van der Waals surface area contributed by atoms with Crippen LogP contribution in [0.1, 0.15) is 16.1 Å². The van der Waals surface area contributed by atoms with E-state index in [0.717, 1.165) is 21.7 Å². The number of rotatable bonds is 7. The van der Waals surface area contributed by atoms with E-state index in [0.29, 0.717) is 22.2 Å². The van der Waals surface area contributed by atoms with Crippen molar-refractivity contribution in [3.8, 4) is 17.2 Å². The standard InChI is InChI=1S/C23H21N3O4S/c1-28-16-10-11-18-20(13-16)31-23(25-18)26(14-15-7-4-5-12-24-15)22(27)17-8-6-9-19(29-2)21(17)30-3/h4-13H,14H2,1-3H3. The van der Waals surface area contributed by atoms with Crippen molar-refractivity contribution >= 4 is 32.6 Å². The second-order valence-corrected chi connectivity index (χ2v) is 7.59. The van der Waals surface area contributed by atoms with Crippen LogP contribution in [-0.2, 0) is 6.54 Å². The van der Waals surface area contributed by atoms with Crippen molar-refractivity contribution in [2.24, 2.45) is 0 Å². The first kappa shape index (κ1) is 20.6. The fraction of sp³-hybridized carbons (Fsp3) is 0.174. The molecule has 0 aliphatic carbocycles. The van der Waals surface area contributed by atoms with Gasteiger partial charge >= 0.3 is 0 Å². The number of hydrogen-bond donors (Lipinski definition) is 0. The van der Waals surface area contributed by atoms with Gasteiger partial charge in [0.1, 0.15) is 5.75 Å². The van der Waals surface area contributed by atoms with Gasteiger partial charge in [-0.3, -0.25) is 14.7 Å². The molecule has 2 aromatic heterocycles. The van der Waals surface area contributed by atoms with Crippen LogP contribution in [0.15, 0.2) is 60.8 Å². The quantitative estimate of drug-likeness (QED) is 0.424. The third-order valence-electron chi connectivity index (χ3n) is 4.74. The monoisotopic (exact) mass is 435 g/mol.